The Bertz CT molecular complexity index is 379. The second kappa shape index (κ2) is 5.63. The van der Waals surface area contributed by atoms with E-state index < -0.39 is 12.0 Å². The molecule has 1 heterocycles. The summed E-state index contributed by atoms with van der Waals surface area (Å²) in [5, 5.41) is 0. The van der Waals surface area contributed by atoms with E-state index in [1.165, 1.54) is 0 Å². The van der Waals surface area contributed by atoms with Crippen LogP contribution in [0.3, 0.4) is 0 Å². The molecule has 1 atom stereocenters. The molecule has 82 valence electrons. The highest BCUT2D eigenvalue weighted by Crippen LogP contribution is 2.24. The van der Waals surface area contributed by atoms with Gasteiger partial charge < -0.3 is 10.5 Å². The summed E-state index contributed by atoms with van der Waals surface area (Å²) in [6, 6.07) is 7.50. The number of amides is 1. The van der Waals surface area contributed by atoms with Crippen LogP contribution in [0.2, 0.25) is 0 Å². The largest absolute Gasteiger partial charge is 0.476 e. The fourth-order valence-electron chi connectivity index (χ4n) is 1.25. The molecular weight excluding hydrogens is 237 g/mol. The quantitative estimate of drug-likeness (QED) is 0.823. The Labute approximate surface area is 100 Å². The van der Waals surface area contributed by atoms with Gasteiger partial charge in [0.1, 0.15) is 5.75 Å². The van der Waals surface area contributed by atoms with Crippen molar-refractivity contribution in [2.45, 2.75) is 6.10 Å². The SMILES string of the molecule is Cl.Cl.NC(=O)C1C=Cc2ccccc2O1. The van der Waals surface area contributed by atoms with E-state index in [-0.39, 0.29) is 24.8 Å². The number of fused-ring (bicyclic) bond motifs is 1. The Hall–Kier alpha value is -1.19. The van der Waals surface area contributed by atoms with E-state index in [1.54, 1.807) is 6.08 Å². The van der Waals surface area contributed by atoms with Crippen molar-refractivity contribution in [3.05, 3.63) is 35.9 Å². The van der Waals surface area contributed by atoms with Crippen molar-refractivity contribution in [2.24, 2.45) is 5.73 Å². The summed E-state index contributed by atoms with van der Waals surface area (Å²) < 4.78 is 5.33. The fraction of sp³-hybridized carbons (Fsp3) is 0.100. The Morgan fingerprint density at radius 2 is 1.93 bits per heavy atom. The third-order valence-corrected chi connectivity index (χ3v) is 1.90. The molecule has 0 aromatic heterocycles. The molecule has 2 N–H and O–H groups in total. The molecule has 1 aliphatic rings. The average Bonchev–Trinajstić information content (AvgIpc) is 2.17. The van der Waals surface area contributed by atoms with E-state index in [0.717, 1.165) is 5.56 Å². The Morgan fingerprint density at radius 1 is 1.27 bits per heavy atom. The molecule has 0 aliphatic carbocycles. The van der Waals surface area contributed by atoms with Gasteiger partial charge in [0.15, 0.2) is 6.10 Å². The van der Waals surface area contributed by atoms with Gasteiger partial charge >= 0.3 is 0 Å². The summed E-state index contributed by atoms with van der Waals surface area (Å²) in [5.41, 5.74) is 6.08. The molecule has 0 saturated carbocycles. The van der Waals surface area contributed by atoms with Gasteiger partial charge in [-0.25, -0.2) is 0 Å². The average molecular weight is 248 g/mol. The van der Waals surface area contributed by atoms with Crippen molar-refractivity contribution < 1.29 is 9.53 Å². The molecule has 0 radical (unpaired) electrons. The number of para-hydroxylation sites is 1. The number of rotatable bonds is 1. The first-order valence-corrected chi connectivity index (χ1v) is 4.00. The van der Waals surface area contributed by atoms with E-state index >= 15 is 0 Å². The minimum absolute atomic E-state index is 0. The third-order valence-electron chi connectivity index (χ3n) is 1.90. The van der Waals surface area contributed by atoms with E-state index in [9.17, 15) is 4.79 Å². The Balaban J connectivity index is 0.000000980. The zero-order valence-electron chi connectivity index (χ0n) is 7.75. The van der Waals surface area contributed by atoms with Crippen LogP contribution in [0.1, 0.15) is 5.56 Å². The number of halogens is 2. The first-order chi connectivity index (χ1) is 6.27. The van der Waals surface area contributed by atoms with Crippen molar-refractivity contribution in [3.8, 4) is 5.75 Å². The number of ether oxygens (including phenoxy) is 1. The molecule has 1 aliphatic heterocycles. The van der Waals surface area contributed by atoms with Crippen LogP contribution in [0.25, 0.3) is 6.08 Å². The summed E-state index contributed by atoms with van der Waals surface area (Å²) in [7, 11) is 0. The minimum atomic E-state index is -0.630. The van der Waals surface area contributed by atoms with Crippen LogP contribution in [0, 0.1) is 0 Å². The van der Waals surface area contributed by atoms with Crippen LogP contribution >= 0.6 is 24.8 Å². The number of carbonyl (C=O) groups excluding carboxylic acids is 1. The van der Waals surface area contributed by atoms with Crippen LogP contribution < -0.4 is 10.5 Å². The molecule has 5 heteroatoms. The van der Waals surface area contributed by atoms with E-state index in [4.69, 9.17) is 10.5 Å². The van der Waals surface area contributed by atoms with Crippen LogP contribution in [0.15, 0.2) is 30.3 Å². The lowest BCUT2D eigenvalue weighted by molar-refractivity contribution is -0.122. The summed E-state index contributed by atoms with van der Waals surface area (Å²) in [6.07, 6.45) is 2.87. The number of primary amides is 1. The fourth-order valence-corrected chi connectivity index (χ4v) is 1.25. The summed E-state index contributed by atoms with van der Waals surface area (Å²) >= 11 is 0. The molecule has 0 fully saturated rings. The van der Waals surface area contributed by atoms with Gasteiger partial charge in [0.2, 0.25) is 0 Å². The van der Waals surface area contributed by atoms with Crippen LogP contribution in [0.5, 0.6) is 5.75 Å². The van der Waals surface area contributed by atoms with Crippen molar-refractivity contribution in [3.63, 3.8) is 0 Å². The van der Waals surface area contributed by atoms with Gasteiger partial charge in [0.25, 0.3) is 5.91 Å². The van der Waals surface area contributed by atoms with Crippen LogP contribution in [0.4, 0.5) is 0 Å². The van der Waals surface area contributed by atoms with Gasteiger partial charge in [-0.05, 0) is 12.1 Å². The normalized spacial score (nSPS) is 16.4. The van der Waals surface area contributed by atoms with E-state index in [1.807, 2.05) is 30.3 Å². The lowest BCUT2D eigenvalue weighted by Crippen LogP contribution is -2.33. The standard InChI is InChI=1S/C10H9NO2.2ClH/c11-10(12)9-6-5-7-3-1-2-4-8(7)13-9;;/h1-6,9H,(H2,11,12);2*1H. The lowest BCUT2D eigenvalue weighted by Gasteiger charge is -2.18. The lowest BCUT2D eigenvalue weighted by atomic mass is 10.1. The highest BCUT2D eigenvalue weighted by atomic mass is 35.5. The second-order valence-electron chi connectivity index (χ2n) is 2.84. The number of hydrogen-bond acceptors (Lipinski definition) is 2. The Morgan fingerprint density at radius 3 is 2.60 bits per heavy atom. The monoisotopic (exact) mass is 247 g/mol. The van der Waals surface area contributed by atoms with Crippen molar-refractivity contribution in [1.29, 1.82) is 0 Å². The molecule has 3 nitrogen and oxygen atoms in total. The molecule has 15 heavy (non-hydrogen) atoms. The molecule has 1 aromatic rings. The maximum Gasteiger partial charge on any atom is 0.262 e. The number of hydrogen-bond donors (Lipinski definition) is 1. The highest BCUT2D eigenvalue weighted by molar-refractivity contribution is 5.85. The maximum absolute atomic E-state index is 10.8. The zero-order chi connectivity index (χ0) is 9.26. The topological polar surface area (TPSA) is 52.3 Å². The molecule has 0 saturated heterocycles. The van der Waals surface area contributed by atoms with Gasteiger partial charge in [-0.15, -0.1) is 24.8 Å². The number of benzene rings is 1. The van der Waals surface area contributed by atoms with Gasteiger partial charge in [0, 0.05) is 5.56 Å². The van der Waals surface area contributed by atoms with Crippen molar-refractivity contribution in [2.75, 3.05) is 0 Å². The maximum atomic E-state index is 10.8. The number of nitrogens with two attached hydrogens (primary N) is 1. The zero-order valence-corrected chi connectivity index (χ0v) is 9.38. The summed E-state index contributed by atoms with van der Waals surface area (Å²) in [5.74, 6) is 0.236. The first kappa shape index (κ1) is 13.8. The van der Waals surface area contributed by atoms with E-state index in [0.29, 0.717) is 5.75 Å². The van der Waals surface area contributed by atoms with Crippen molar-refractivity contribution in [1.82, 2.24) is 0 Å². The number of carbonyl (C=O) groups is 1. The molecule has 1 amide bonds. The second-order valence-corrected chi connectivity index (χ2v) is 2.84. The molecule has 0 bridgehead atoms. The molecule has 0 spiro atoms. The van der Waals surface area contributed by atoms with Gasteiger partial charge in [-0.2, -0.15) is 0 Å². The molecule has 1 aromatic carbocycles. The van der Waals surface area contributed by atoms with E-state index in [2.05, 4.69) is 0 Å². The Kier molecular flexibility index (Phi) is 5.19. The molecular formula is C10H11Cl2NO2. The predicted octanol–water partition coefficient (Wildman–Crippen LogP) is 1.79. The molecule has 2 rings (SSSR count). The third kappa shape index (κ3) is 2.88. The van der Waals surface area contributed by atoms with Gasteiger partial charge in [0.05, 0.1) is 0 Å². The summed E-state index contributed by atoms with van der Waals surface area (Å²) in [4.78, 5) is 10.8. The highest BCUT2D eigenvalue weighted by Gasteiger charge is 2.18. The van der Waals surface area contributed by atoms with Crippen molar-refractivity contribution >= 4 is 36.8 Å². The molecule has 1 unspecified atom stereocenters. The van der Waals surface area contributed by atoms with Gasteiger partial charge in [-0.3, -0.25) is 4.79 Å². The first-order valence-electron chi connectivity index (χ1n) is 4.00. The minimum Gasteiger partial charge on any atom is -0.476 e. The predicted molar refractivity (Wildman–Crippen MR) is 63.6 cm³/mol. The smallest absolute Gasteiger partial charge is 0.262 e. The van der Waals surface area contributed by atoms with Crippen LogP contribution in [-0.4, -0.2) is 12.0 Å². The van der Waals surface area contributed by atoms with Gasteiger partial charge in [-0.1, -0.05) is 24.3 Å². The van der Waals surface area contributed by atoms with Crippen LogP contribution in [-0.2, 0) is 4.79 Å². The summed E-state index contributed by atoms with van der Waals surface area (Å²) in [6.45, 7) is 0.